The molecule has 2 aliphatic heterocycles. The standard InChI is InChI=1S/C27H26O4/c1-3-4-5-8-15-29-19-12-14-23-25(17-19)30-24-16-18(2)11-13-22(24)27(23)21-10-7-6-9-20(21)26(28)31-27/h6-7,9-14,16-17H,3-5,8,15H2,1-2H3. The number of carbonyl (C=O) groups excluding carboxylic acids is 1. The van der Waals surface area contributed by atoms with Crippen molar-refractivity contribution in [3.8, 4) is 17.2 Å². The van der Waals surface area contributed by atoms with E-state index in [2.05, 4.69) is 6.92 Å². The Morgan fingerprint density at radius 3 is 2.48 bits per heavy atom. The molecule has 0 radical (unpaired) electrons. The van der Waals surface area contributed by atoms with Crippen LogP contribution < -0.4 is 9.47 Å². The van der Waals surface area contributed by atoms with Gasteiger partial charge in [-0.2, -0.15) is 0 Å². The van der Waals surface area contributed by atoms with E-state index >= 15 is 0 Å². The van der Waals surface area contributed by atoms with Gasteiger partial charge in [0.1, 0.15) is 17.2 Å². The number of esters is 1. The first-order valence-electron chi connectivity index (χ1n) is 11.0. The minimum atomic E-state index is -1.01. The molecular weight excluding hydrogens is 388 g/mol. The Bertz CT molecular complexity index is 1150. The summed E-state index contributed by atoms with van der Waals surface area (Å²) >= 11 is 0. The molecule has 0 saturated carbocycles. The summed E-state index contributed by atoms with van der Waals surface area (Å²) in [5.41, 5.74) is 3.18. The van der Waals surface area contributed by atoms with Crippen LogP contribution in [0.2, 0.25) is 0 Å². The number of hydrogen-bond donors (Lipinski definition) is 0. The van der Waals surface area contributed by atoms with Crippen molar-refractivity contribution >= 4 is 5.97 Å². The average molecular weight is 415 g/mol. The van der Waals surface area contributed by atoms with Crippen LogP contribution in [0.1, 0.15) is 65.2 Å². The summed E-state index contributed by atoms with van der Waals surface area (Å²) in [6.45, 7) is 4.90. The predicted octanol–water partition coefficient (Wildman–Crippen LogP) is 6.52. The molecule has 3 aromatic carbocycles. The normalized spacial score (nSPS) is 18.1. The van der Waals surface area contributed by atoms with Crippen LogP contribution in [-0.4, -0.2) is 12.6 Å². The van der Waals surface area contributed by atoms with E-state index in [0.717, 1.165) is 34.4 Å². The molecule has 0 aliphatic carbocycles. The van der Waals surface area contributed by atoms with Gasteiger partial charge in [-0.15, -0.1) is 0 Å². The lowest BCUT2D eigenvalue weighted by molar-refractivity contribution is 0.0224. The Labute approximate surface area is 182 Å². The van der Waals surface area contributed by atoms with E-state index in [1.54, 1.807) is 0 Å². The van der Waals surface area contributed by atoms with Crippen molar-refractivity contribution in [3.63, 3.8) is 0 Å². The molecule has 3 aromatic rings. The highest BCUT2D eigenvalue weighted by molar-refractivity contribution is 5.97. The molecule has 4 heteroatoms. The van der Waals surface area contributed by atoms with Crippen LogP contribution in [0.15, 0.2) is 60.7 Å². The largest absolute Gasteiger partial charge is 0.493 e. The SMILES string of the molecule is CCCCCCOc1ccc2c(c1)Oc1cc(C)ccc1C21OC(=O)c2ccccc21. The van der Waals surface area contributed by atoms with Crippen LogP contribution in [0.4, 0.5) is 0 Å². The zero-order valence-corrected chi connectivity index (χ0v) is 17.9. The van der Waals surface area contributed by atoms with Crippen LogP contribution >= 0.6 is 0 Å². The van der Waals surface area contributed by atoms with E-state index in [9.17, 15) is 4.79 Å². The molecule has 0 fully saturated rings. The summed E-state index contributed by atoms with van der Waals surface area (Å²) in [5, 5.41) is 0. The van der Waals surface area contributed by atoms with Gasteiger partial charge < -0.3 is 14.2 Å². The third-order valence-electron chi connectivity index (χ3n) is 6.11. The fourth-order valence-corrected chi connectivity index (χ4v) is 4.57. The van der Waals surface area contributed by atoms with Crippen molar-refractivity contribution in [1.29, 1.82) is 0 Å². The van der Waals surface area contributed by atoms with Gasteiger partial charge in [-0.3, -0.25) is 0 Å². The van der Waals surface area contributed by atoms with Crippen LogP contribution in [0.3, 0.4) is 0 Å². The molecule has 0 saturated heterocycles. The summed E-state index contributed by atoms with van der Waals surface area (Å²) in [6, 6.07) is 19.4. The minimum Gasteiger partial charge on any atom is -0.493 e. The first-order valence-corrected chi connectivity index (χ1v) is 11.0. The Hall–Kier alpha value is -3.27. The van der Waals surface area contributed by atoms with Crippen LogP contribution in [0.25, 0.3) is 0 Å². The number of rotatable bonds is 6. The average Bonchev–Trinajstić information content (AvgIpc) is 3.06. The summed E-state index contributed by atoms with van der Waals surface area (Å²) in [6.07, 6.45) is 4.62. The van der Waals surface area contributed by atoms with E-state index in [4.69, 9.17) is 14.2 Å². The molecule has 0 bridgehead atoms. The van der Waals surface area contributed by atoms with E-state index in [1.165, 1.54) is 19.3 Å². The molecule has 2 aliphatic rings. The molecule has 0 aromatic heterocycles. The highest BCUT2D eigenvalue weighted by Gasteiger charge is 2.53. The van der Waals surface area contributed by atoms with Gasteiger partial charge in [-0.1, -0.05) is 56.5 Å². The second-order valence-electron chi connectivity index (χ2n) is 8.29. The number of ether oxygens (including phenoxy) is 3. The second kappa shape index (κ2) is 7.77. The lowest BCUT2D eigenvalue weighted by atomic mass is 9.77. The Morgan fingerprint density at radius 2 is 1.65 bits per heavy atom. The van der Waals surface area contributed by atoms with Crippen molar-refractivity contribution in [1.82, 2.24) is 0 Å². The fraction of sp³-hybridized carbons (Fsp3) is 0.296. The molecule has 158 valence electrons. The Balaban J connectivity index is 1.59. The van der Waals surface area contributed by atoms with E-state index in [1.807, 2.05) is 67.6 Å². The Kier molecular flexibility index (Phi) is 4.93. The molecule has 2 heterocycles. The summed E-state index contributed by atoms with van der Waals surface area (Å²) in [7, 11) is 0. The van der Waals surface area contributed by atoms with Crippen molar-refractivity contribution in [3.05, 3.63) is 88.5 Å². The van der Waals surface area contributed by atoms with Gasteiger partial charge in [0.2, 0.25) is 0 Å². The van der Waals surface area contributed by atoms with E-state index in [-0.39, 0.29) is 5.97 Å². The van der Waals surface area contributed by atoms with Gasteiger partial charge in [0.05, 0.1) is 12.2 Å². The van der Waals surface area contributed by atoms with Gasteiger partial charge in [0.15, 0.2) is 5.60 Å². The van der Waals surface area contributed by atoms with Gasteiger partial charge in [-0.05, 0) is 43.2 Å². The van der Waals surface area contributed by atoms with Gasteiger partial charge in [0, 0.05) is 22.8 Å². The van der Waals surface area contributed by atoms with Gasteiger partial charge in [0.25, 0.3) is 0 Å². The first kappa shape index (κ1) is 19.7. The fourth-order valence-electron chi connectivity index (χ4n) is 4.57. The van der Waals surface area contributed by atoms with Crippen molar-refractivity contribution in [2.75, 3.05) is 6.61 Å². The molecule has 1 atom stereocenters. The zero-order valence-electron chi connectivity index (χ0n) is 17.9. The number of carbonyl (C=O) groups is 1. The Morgan fingerprint density at radius 1 is 0.871 bits per heavy atom. The molecule has 4 nitrogen and oxygen atoms in total. The summed E-state index contributed by atoms with van der Waals surface area (Å²) in [5.74, 6) is 1.82. The van der Waals surface area contributed by atoms with Crippen LogP contribution in [-0.2, 0) is 10.3 Å². The lowest BCUT2D eigenvalue weighted by Gasteiger charge is -2.36. The molecule has 31 heavy (non-hydrogen) atoms. The monoisotopic (exact) mass is 414 g/mol. The van der Waals surface area contributed by atoms with Crippen molar-refractivity contribution < 1.29 is 19.0 Å². The lowest BCUT2D eigenvalue weighted by Crippen LogP contribution is -2.33. The summed E-state index contributed by atoms with van der Waals surface area (Å²) in [4.78, 5) is 12.8. The number of hydrogen-bond acceptors (Lipinski definition) is 4. The highest BCUT2D eigenvalue weighted by atomic mass is 16.6. The minimum absolute atomic E-state index is 0.314. The maximum atomic E-state index is 12.8. The zero-order chi connectivity index (χ0) is 21.4. The molecule has 0 N–H and O–H groups in total. The summed E-state index contributed by atoms with van der Waals surface area (Å²) < 4.78 is 18.5. The quantitative estimate of drug-likeness (QED) is 0.340. The number of aryl methyl sites for hydroxylation is 1. The molecule has 1 spiro atoms. The maximum Gasteiger partial charge on any atom is 0.340 e. The van der Waals surface area contributed by atoms with Crippen LogP contribution in [0.5, 0.6) is 17.2 Å². The number of fused-ring (bicyclic) bond motifs is 6. The maximum absolute atomic E-state index is 12.8. The van der Waals surface area contributed by atoms with E-state index in [0.29, 0.717) is 23.7 Å². The third kappa shape index (κ3) is 3.18. The molecule has 5 rings (SSSR count). The molecule has 1 unspecified atom stereocenters. The van der Waals surface area contributed by atoms with Crippen molar-refractivity contribution in [2.45, 2.75) is 45.1 Å². The predicted molar refractivity (Wildman–Crippen MR) is 119 cm³/mol. The third-order valence-corrected chi connectivity index (χ3v) is 6.11. The van der Waals surface area contributed by atoms with Crippen molar-refractivity contribution in [2.24, 2.45) is 0 Å². The molecule has 0 amide bonds. The van der Waals surface area contributed by atoms with Gasteiger partial charge in [-0.25, -0.2) is 4.79 Å². The first-order chi connectivity index (χ1) is 15.1. The topological polar surface area (TPSA) is 44.8 Å². The molecular formula is C27H26O4. The highest BCUT2D eigenvalue weighted by Crippen LogP contribution is 2.56. The van der Waals surface area contributed by atoms with Gasteiger partial charge >= 0.3 is 5.97 Å². The van der Waals surface area contributed by atoms with E-state index < -0.39 is 5.60 Å². The van der Waals surface area contributed by atoms with Crippen LogP contribution in [0, 0.1) is 6.92 Å². The number of unbranched alkanes of at least 4 members (excludes halogenated alkanes) is 3. The smallest absolute Gasteiger partial charge is 0.340 e. The number of benzene rings is 3. The second-order valence-corrected chi connectivity index (χ2v) is 8.29.